The molecule has 108 valence electrons. The highest BCUT2D eigenvalue weighted by Crippen LogP contribution is 2.36. The van der Waals surface area contributed by atoms with Gasteiger partial charge in [-0.1, -0.05) is 0 Å². The Kier molecular flexibility index (Phi) is 2.85. The topological polar surface area (TPSA) is 105 Å². The van der Waals surface area contributed by atoms with Crippen LogP contribution in [0.4, 0.5) is 5.13 Å². The number of nitrogens with zero attached hydrogens (tertiary/aromatic N) is 2. The normalized spacial score (nSPS) is 16.0. The number of aromatic carboxylic acids is 1. The number of amides is 1. The third kappa shape index (κ3) is 1.93. The van der Waals surface area contributed by atoms with Crippen molar-refractivity contribution in [3.8, 4) is 0 Å². The third-order valence-corrected chi connectivity index (χ3v) is 5.71. The molecular weight excluding hydrogens is 316 g/mol. The fourth-order valence-corrected chi connectivity index (χ4v) is 4.58. The molecule has 1 N–H and O–H groups in total. The molecule has 2 heterocycles. The molecule has 0 bridgehead atoms. The molecule has 0 saturated heterocycles. The Morgan fingerprint density at radius 1 is 1.38 bits per heavy atom. The number of hydrogen-bond acceptors (Lipinski definition) is 6. The molecule has 0 aliphatic carbocycles. The van der Waals surface area contributed by atoms with Crippen LogP contribution in [0, 0.1) is 6.92 Å². The maximum absolute atomic E-state index is 12.5. The van der Waals surface area contributed by atoms with Crippen LogP contribution in [0.2, 0.25) is 0 Å². The maximum Gasteiger partial charge on any atom is 0.335 e. The number of carboxylic acid groups (broad SMARTS) is 1. The number of rotatable bonds is 2. The van der Waals surface area contributed by atoms with Crippen LogP contribution < -0.4 is 4.31 Å². The Balaban J connectivity index is 2.21. The fourth-order valence-electron chi connectivity index (χ4n) is 1.99. The van der Waals surface area contributed by atoms with Crippen molar-refractivity contribution in [3.63, 3.8) is 0 Å². The first kappa shape index (κ1) is 13.7. The van der Waals surface area contributed by atoms with E-state index in [2.05, 4.69) is 4.98 Å². The molecule has 0 spiro atoms. The van der Waals surface area contributed by atoms with Gasteiger partial charge in [-0.25, -0.2) is 18.2 Å². The van der Waals surface area contributed by atoms with Crippen LogP contribution in [0.5, 0.6) is 0 Å². The quantitative estimate of drug-likeness (QED) is 0.897. The summed E-state index contributed by atoms with van der Waals surface area (Å²) in [5, 5.41) is 10.6. The smallest absolute Gasteiger partial charge is 0.335 e. The summed E-state index contributed by atoms with van der Waals surface area (Å²) in [5.41, 5.74) is 0.357. The second kappa shape index (κ2) is 4.37. The van der Waals surface area contributed by atoms with Crippen LogP contribution in [0.3, 0.4) is 0 Å². The minimum Gasteiger partial charge on any atom is -0.478 e. The summed E-state index contributed by atoms with van der Waals surface area (Å²) in [6.07, 6.45) is 0. The summed E-state index contributed by atoms with van der Waals surface area (Å²) in [4.78, 5) is 26.9. The number of carboxylic acids is 1. The number of anilines is 1. The van der Waals surface area contributed by atoms with Gasteiger partial charge in [-0.3, -0.25) is 4.79 Å². The van der Waals surface area contributed by atoms with Crippen molar-refractivity contribution in [1.82, 2.24) is 4.98 Å². The molecule has 3 rings (SSSR count). The molecule has 1 aromatic heterocycles. The summed E-state index contributed by atoms with van der Waals surface area (Å²) >= 11 is 1.03. The fraction of sp³-hybridized carbons (Fsp3) is 0.0833. The van der Waals surface area contributed by atoms with Gasteiger partial charge in [-0.2, -0.15) is 4.31 Å². The molecular formula is C12H8N2O5S2. The molecule has 0 unspecified atom stereocenters. The van der Waals surface area contributed by atoms with Crippen LogP contribution in [-0.2, 0) is 10.0 Å². The third-order valence-electron chi connectivity index (χ3n) is 2.94. The van der Waals surface area contributed by atoms with Crippen LogP contribution in [0.1, 0.15) is 26.4 Å². The average molecular weight is 324 g/mol. The van der Waals surface area contributed by atoms with Crippen LogP contribution in [0.15, 0.2) is 28.5 Å². The second-order valence-corrected chi connectivity index (χ2v) is 6.95. The molecule has 21 heavy (non-hydrogen) atoms. The first-order valence-electron chi connectivity index (χ1n) is 5.71. The number of aryl methyl sites for hydroxylation is 1. The molecule has 0 atom stereocenters. The maximum atomic E-state index is 12.5. The summed E-state index contributed by atoms with van der Waals surface area (Å²) < 4.78 is 25.5. The molecule has 1 amide bonds. The molecule has 9 heteroatoms. The standard InChI is InChI=1S/C12H8N2O5S2/c1-6-5-20-12(13-6)14-10(15)8-3-2-7(11(16)17)4-9(8)21(14,18)19/h2-5H,1H3,(H,16,17). The Labute approximate surface area is 123 Å². The number of carbonyl (C=O) groups excluding carboxylic acids is 1. The van der Waals surface area contributed by atoms with E-state index in [1.807, 2.05) is 0 Å². The van der Waals surface area contributed by atoms with Crippen LogP contribution in [0.25, 0.3) is 0 Å². The Morgan fingerprint density at radius 2 is 2.10 bits per heavy atom. The van der Waals surface area contributed by atoms with Gasteiger partial charge in [0.25, 0.3) is 15.9 Å². The summed E-state index contributed by atoms with van der Waals surface area (Å²) in [6.45, 7) is 1.68. The minimum absolute atomic E-state index is 0.0468. The highest BCUT2D eigenvalue weighted by Gasteiger charge is 2.44. The molecule has 2 aromatic rings. The molecule has 7 nitrogen and oxygen atoms in total. The zero-order chi connectivity index (χ0) is 15.4. The van der Waals surface area contributed by atoms with Crippen molar-refractivity contribution < 1.29 is 23.1 Å². The van der Waals surface area contributed by atoms with Gasteiger partial charge in [0.1, 0.15) is 4.90 Å². The lowest BCUT2D eigenvalue weighted by Crippen LogP contribution is -2.29. The SMILES string of the molecule is Cc1csc(N2C(=O)c3ccc(C(=O)O)cc3S2(=O)=O)n1. The summed E-state index contributed by atoms with van der Waals surface area (Å²) in [5.74, 6) is -1.99. The van der Waals surface area contributed by atoms with Crippen molar-refractivity contribution in [1.29, 1.82) is 0 Å². The number of hydrogen-bond donors (Lipinski definition) is 1. The van der Waals surface area contributed by atoms with Crippen LogP contribution >= 0.6 is 11.3 Å². The summed E-state index contributed by atoms with van der Waals surface area (Å²) in [7, 11) is -4.12. The van der Waals surface area contributed by atoms with Crippen molar-refractivity contribution in [2.75, 3.05) is 4.31 Å². The molecule has 1 aliphatic heterocycles. The molecule has 0 radical (unpaired) electrons. The van der Waals surface area contributed by atoms with E-state index in [-0.39, 0.29) is 21.2 Å². The van der Waals surface area contributed by atoms with Gasteiger partial charge in [-0.05, 0) is 25.1 Å². The van der Waals surface area contributed by atoms with E-state index in [4.69, 9.17) is 5.11 Å². The summed E-state index contributed by atoms with van der Waals surface area (Å²) in [6, 6.07) is 3.40. The first-order chi connectivity index (χ1) is 9.82. The van der Waals surface area contributed by atoms with E-state index in [0.717, 1.165) is 17.4 Å². The van der Waals surface area contributed by atoms with Crippen LogP contribution in [-0.4, -0.2) is 30.4 Å². The number of thiazole rings is 1. The lowest BCUT2D eigenvalue weighted by molar-refractivity contribution is 0.0696. The van der Waals surface area contributed by atoms with Crippen molar-refractivity contribution in [3.05, 3.63) is 40.4 Å². The Morgan fingerprint density at radius 3 is 2.67 bits per heavy atom. The minimum atomic E-state index is -4.12. The molecule has 1 aromatic carbocycles. The predicted molar refractivity (Wildman–Crippen MR) is 74.2 cm³/mol. The van der Waals surface area contributed by atoms with Gasteiger partial charge < -0.3 is 5.11 Å². The van der Waals surface area contributed by atoms with E-state index in [1.165, 1.54) is 12.1 Å². The Bertz CT molecular complexity index is 885. The highest BCUT2D eigenvalue weighted by atomic mass is 32.2. The second-order valence-electron chi connectivity index (χ2n) is 4.36. The lowest BCUT2D eigenvalue weighted by atomic mass is 10.1. The monoisotopic (exact) mass is 324 g/mol. The number of fused-ring (bicyclic) bond motifs is 1. The first-order valence-corrected chi connectivity index (χ1v) is 8.03. The van der Waals surface area contributed by atoms with Crippen molar-refractivity contribution in [2.45, 2.75) is 11.8 Å². The van der Waals surface area contributed by atoms with Gasteiger partial charge in [-0.15, -0.1) is 11.3 Å². The van der Waals surface area contributed by atoms with E-state index in [0.29, 0.717) is 10.00 Å². The highest BCUT2D eigenvalue weighted by molar-refractivity contribution is 7.94. The largest absolute Gasteiger partial charge is 0.478 e. The van der Waals surface area contributed by atoms with Gasteiger partial charge in [0.15, 0.2) is 0 Å². The molecule has 0 fully saturated rings. The zero-order valence-corrected chi connectivity index (χ0v) is 12.2. The lowest BCUT2D eigenvalue weighted by Gasteiger charge is -2.10. The van der Waals surface area contributed by atoms with Gasteiger partial charge >= 0.3 is 5.97 Å². The van der Waals surface area contributed by atoms with Gasteiger partial charge in [0.2, 0.25) is 5.13 Å². The van der Waals surface area contributed by atoms with Crippen molar-refractivity contribution in [2.24, 2.45) is 0 Å². The van der Waals surface area contributed by atoms with E-state index >= 15 is 0 Å². The van der Waals surface area contributed by atoms with Gasteiger partial charge in [0.05, 0.1) is 16.8 Å². The van der Waals surface area contributed by atoms with E-state index < -0.39 is 21.9 Å². The van der Waals surface area contributed by atoms with Gasteiger partial charge in [0, 0.05) is 5.38 Å². The number of sulfonamides is 1. The Hall–Kier alpha value is -2.26. The number of aromatic nitrogens is 1. The number of benzene rings is 1. The van der Waals surface area contributed by atoms with E-state index in [9.17, 15) is 18.0 Å². The zero-order valence-electron chi connectivity index (χ0n) is 10.6. The number of carbonyl (C=O) groups is 2. The average Bonchev–Trinajstić information content (AvgIpc) is 2.90. The molecule has 0 saturated carbocycles. The molecule has 1 aliphatic rings. The van der Waals surface area contributed by atoms with Crippen molar-refractivity contribution >= 4 is 38.4 Å². The van der Waals surface area contributed by atoms with E-state index in [1.54, 1.807) is 12.3 Å². The predicted octanol–water partition coefficient (Wildman–Crippen LogP) is 1.50.